The molecule has 1 aliphatic heterocycles. The molecule has 1 aliphatic rings. The van der Waals surface area contributed by atoms with Crippen LogP contribution in [0.15, 0.2) is 29.3 Å². The lowest BCUT2D eigenvalue weighted by Gasteiger charge is -2.38. The molecule has 8 heteroatoms. The maximum atomic E-state index is 11.3. The number of hydrogen-bond acceptors (Lipinski definition) is 7. The number of benzene rings is 1. The van der Waals surface area contributed by atoms with Crippen LogP contribution in [0.3, 0.4) is 0 Å². The Kier molecular flexibility index (Phi) is 5.59. The van der Waals surface area contributed by atoms with Gasteiger partial charge in [0.1, 0.15) is 11.4 Å². The van der Waals surface area contributed by atoms with Crippen LogP contribution < -0.4 is 0 Å². The van der Waals surface area contributed by atoms with Crippen LogP contribution in [0.5, 0.6) is 0 Å². The molecule has 2 rings (SSSR count). The van der Waals surface area contributed by atoms with Crippen LogP contribution in [0.2, 0.25) is 0 Å². The molecular weight excluding hydrogens is 358 g/mol. The molecule has 1 unspecified atom stereocenters. The molecule has 140 valence electrons. The number of likely N-dealkylation sites (N-methyl/N-ethyl adjacent to an activating group) is 1. The normalized spacial score (nSPS) is 23.6. The minimum absolute atomic E-state index is 0.402. The Bertz CT molecular complexity index is 758. The van der Waals surface area contributed by atoms with Crippen molar-refractivity contribution in [3.8, 4) is 0 Å². The predicted octanol–water partition coefficient (Wildman–Crippen LogP) is 2.89. The molecule has 0 amide bonds. The van der Waals surface area contributed by atoms with E-state index in [0.29, 0.717) is 12.2 Å². The van der Waals surface area contributed by atoms with Gasteiger partial charge >= 0.3 is 0 Å². The summed E-state index contributed by atoms with van der Waals surface area (Å²) in [5.41, 5.74) is 0.357. The zero-order chi connectivity index (χ0) is 19.0. The highest BCUT2D eigenvalue weighted by atomic mass is 33.1. The first-order valence-electron chi connectivity index (χ1n) is 8.14. The van der Waals surface area contributed by atoms with Gasteiger partial charge in [-0.15, -0.1) is 5.06 Å². The van der Waals surface area contributed by atoms with E-state index >= 15 is 0 Å². The maximum absolute atomic E-state index is 11.3. The van der Waals surface area contributed by atoms with Gasteiger partial charge in [0, 0.05) is 26.1 Å². The molecule has 1 atom stereocenters. The maximum Gasteiger partial charge on any atom is 0.199 e. The predicted molar refractivity (Wildman–Crippen MR) is 103 cm³/mol. The van der Waals surface area contributed by atoms with E-state index in [4.69, 9.17) is 4.99 Å². The second-order valence-electron chi connectivity index (χ2n) is 7.03. The van der Waals surface area contributed by atoms with E-state index in [1.807, 2.05) is 64.0 Å². The zero-order valence-electron chi connectivity index (χ0n) is 15.6. The van der Waals surface area contributed by atoms with Crippen LogP contribution in [-0.2, 0) is 20.3 Å². The zero-order valence-corrected chi connectivity index (χ0v) is 17.3. The van der Waals surface area contributed by atoms with Gasteiger partial charge in [0.2, 0.25) is 0 Å². The summed E-state index contributed by atoms with van der Waals surface area (Å²) in [5, 5.41) is 12.3. The Hall–Kier alpha value is -1.09. The fraction of sp³-hybridized carbons (Fsp3) is 0.588. The first-order chi connectivity index (χ1) is 11.4. The number of aliphatic imine (C=N–C) groups is 1. The number of hydroxylamine groups is 2. The smallest absolute Gasteiger partial charge is 0.199 e. The summed E-state index contributed by atoms with van der Waals surface area (Å²) in [6.07, 6.45) is 1.82. The van der Waals surface area contributed by atoms with Gasteiger partial charge in [-0.1, -0.05) is 31.2 Å². The molecule has 0 fully saturated rings. The van der Waals surface area contributed by atoms with Crippen molar-refractivity contribution in [2.45, 2.75) is 44.1 Å². The van der Waals surface area contributed by atoms with E-state index in [0.717, 1.165) is 27.8 Å². The second kappa shape index (κ2) is 6.90. The van der Waals surface area contributed by atoms with E-state index in [1.165, 1.54) is 11.3 Å². The van der Waals surface area contributed by atoms with Crippen LogP contribution in [0, 0.1) is 0 Å². The highest BCUT2D eigenvalue weighted by Crippen LogP contribution is 2.43. The molecule has 1 N–H and O–H groups in total. The van der Waals surface area contributed by atoms with E-state index in [2.05, 4.69) is 0 Å². The number of rotatable bonds is 5. The molecule has 6 nitrogen and oxygen atoms in total. The third kappa shape index (κ3) is 3.86. The first-order valence-corrected chi connectivity index (χ1v) is 11.5. The first kappa shape index (κ1) is 20.2. The van der Waals surface area contributed by atoms with Crippen molar-refractivity contribution in [2.24, 2.45) is 4.99 Å². The molecular formula is C17H27N3O3S2. The lowest BCUT2D eigenvalue weighted by molar-refractivity contribution is -0.206. The molecule has 0 saturated carbocycles. The average molecular weight is 386 g/mol. The Labute approximate surface area is 154 Å². The van der Waals surface area contributed by atoms with E-state index < -0.39 is 20.1 Å². The van der Waals surface area contributed by atoms with Gasteiger partial charge < -0.3 is 10.1 Å². The largest absolute Gasteiger partial charge is 0.365 e. The van der Waals surface area contributed by atoms with Crippen molar-refractivity contribution < 1.29 is 13.6 Å². The molecule has 1 aromatic rings. The summed E-state index contributed by atoms with van der Waals surface area (Å²) < 4.78 is 22.6. The van der Waals surface area contributed by atoms with E-state index in [9.17, 15) is 13.6 Å². The molecule has 0 aliphatic carbocycles. The minimum Gasteiger partial charge on any atom is -0.365 e. The molecule has 0 radical (unpaired) electrons. The van der Waals surface area contributed by atoms with Gasteiger partial charge in [-0.3, -0.25) is 0 Å². The lowest BCUT2D eigenvalue weighted by Crippen LogP contribution is -2.53. The fourth-order valence-electron chi connectivity index (χ4n) is 3.23. The van der Waals surface area contributed by atoms with Crippen LogP contribution in [0.25, 0.3) is 0 Å². The molecule has 0 aromatic heterocycles. The van der Waals surface area contributed by atoms with Crippen molar-refractivity contribution in [3.63, 3.8) is 0 Å². The molecule has 0 saturated heterocycles. The fourth-order valence-corrected chi connectivity index (χ4v) is 4.82. The van der Waals surface area contributed by atoms with Crippen molar-refractivity contribution in [3.05, 3.63) is 35.4 Å². The summed E-state index contributed by atoms with van der Waals surface area (Å²) in [4.78, 5) is 6.80. The minimum atomic E-state index is -3.06. The summed E-state index contributed by atoms with van der Waals surface area (Å²) in [5.74, 6) is 1.22. The SMILES string of the molecule is CCC1(c2ccc(CSS(C)(=O)=O)cc2)N=C(N(C)C)C(C)(C)N1O. The molecule has 25 heavy (non-hydrogen) atoms. The number of hydrogen-bond donors (Lipinski definition) is 1. The van der Waals surface area contributed by atoms with E-state index in [-0.39, 0.29) is 0 Å². The Balaban J connectivity index is 2.38. The third-order valence-electron chi connectivity index (χ3n) is 4.49. The second-order valence-corrected chi connectivity index (χ2v) is 11.5. The van der Waals surface area contributed by atoms with Crippen LogP contribution in [-0.4, -0.2) is 55.3 Å². The van der Waals surface area contributed by atoms with Gasteiger partial charge in [-0.05, 0) is 42.2 Å². The number of nitrogens with zero attached hydrogens (tertiary/aromatic N) is 3. The molecule has 1 aromatic carbocycles. The topological polar surface area (TPSA) is 73.2 Å². The van der Waals surface area contributed by atoms with Crippen LogP contribution >= 0.6 is 10.8 Å². The molecule has 1 heterocycles. The van der Waals surface area contributed by atoms with Crippen molar-refractivity contribution in [2.75, 3.05) is 20.4 Å². The van der Waals surface area contributed by atoms with Crippen LogP contribution in [0.4, 0.5) is 0 Å². The highest BCUT2D eigenvalue weighted by Gasteiger charge is 2.53. The van der Waals surface area contributed by atoms with Crippen LogP contribution in [0.1, 0.15) is 38.3 Å². The van der Waals surface area contributed by atoms with Gasteiger partial charge in [0.05, 0.1) is 0 Å². The summed E-state index contributed by atoms with van der Waals surface area (Å²) >= 11 is 0. The summed E-state index contributed by atoms with van der Waals surface area (Å²) in [7, 11) is 1.69. The Morgan fingerprint density at radius 1 is 1.24 bits per heavy atom. The third-order valence-corrected chi connectivity index (χ3v) is 7.01. The summed E-state index contributed by atoms with van der Waals surface area (Å²) in [6.45, 7) is 5.88. The van der Waals surface area contributed by atoms with Crippen molar-refractivity contribution in [1.29, 1.82) is 0 Å². The van der Waals surface area contributed by atoms with Gasteiger partial charge in [0.15, 0.2) is 14.5 Å². The van der Waals surface area contributed by atoms with Gasteiger partial charge in [0.25, 0.3) is 0 Å². The Morgan fingerprint density at radius 3 is 2.20 bits per heavy atom. The van der Waals surface area contributed by atoms with E-state index in [1.54, 1.807) is 0 Å². The molecule has 0 spiro atoms. The highest BCUT2D eigenvalue weighted by molar-refractivity contribution is 8.71. The number of amidine groups is 1. The molecule has 0 bridgehead atoms. The van der Waals surface area contributed by atoms with Gasteiger partial charge in [-0.25, -0.2) is 13.4 Å². The quantitative estimate of drug-likeness (QED) is 0.786. The average Bonchev–Trinajstić information content (AvgIpc) is 2.74. The Morgan fingerprint density at radius 2 is 1.80 bits per heavy atom. The van der Waals surface area contributed by atoms with Crippen molar-refractivity contribution >= 4 is 25.5 Å². The lowest BCUT2D eigenvalue weighted by atomic mass is 9.94. The summed E-state index contributed by atoms with van der Waals surface area (Å²) in [6, 6.07) is 7.63. The van der Waals surface area contributed by atoms with Crippen molar-refractivity contribution in [1.82, 2.24) is 9.96 Å². The van der Waals surface area contributed by atoms with Gasteiger partial charge in [-0.2, -0.15) is 0 Å². The standard InChI is InChI=1S/C17H27N3O3S2/c1-7-17(18-15(19(4)5)16(2,3)20(17)21)14-10-8-13(9-11-14)12-24-25(6,22)23/h8-11,21H,7,12H2,1-6H3. The monoisotopic (exact) mass is 385 g/mol.